The fourth-order valence-electron chi connectivity index (χ4n) is 4.29. The number of rotatable bonds is 3. The second kappa shape index (κ2) is 8.56. The van der Waals surface area contributed by atoms with Gasteiger partial charge in [0, 0.05) is 44.1 Å². The van der Waals surface area contributed by atoms with Crippen LogP contribution in [-0.2, 0) is 9.47 Å². The molecule has 0 bridgehead atoms. The van der Waals surface area contributed by atoms with E-state index in [4.69, 9.17) is 21.1 Å². The normalized spacial score (nSPS) is 22.0. The molecule has 2 saturated heterocycles. The Kier molecular flexibility index (Phi) is 6.52. The molecule has 7 heteroatoms. The molecular weight excluding hydrogens is 380 g/mol. The fraction of sp³-hybridized carbons (Fsp3) is 0.714. The Morgan fingerprint density at radius 1 is 1.32 bits per heavy atom. The molecule has 0 aromatic carbocycles. The van der Waals surface area contributed by atoms with Crippen molar-refractivity contribution in [1.29, 1.82) is 0 Å². The van der Waals surface area contributed by atoms with E-state index in [2.05, 4.69) is 4.98 Å². The molecule has 1 amide bonds. The molecule has 3 rings (SSSR count). The number of aromatic nitrogens is 1. The van der Waals surface area contributed by atoms with E-state index < -0.39 is 11.2 Å². The van der Waals surface area contributed by atoms with Crippen LogP contribution in [0.2, 0.25) is 5.02 Å². The van der Waals surface area contributed by atoms with Gasteiger partial charge in [-0.3, -0.25) is 4.98 Å². The van der Waals surface area contributed by atoms with Crippen molar-refractivity contribution < 1.29 is 19.4 Å². The number of nitrogens with zero attached hydrogens (tertiary/aromatic N) is 2. The molecule has 1 N–H and O–H groups in total. The number of piperidine rings is 1. The summed E-state index contributed by atoms with van der Waals surface area (Å²) in [5.41, 5.74) is -0.575. The average Bonchev–Trinajstić information content (AvgIpc) is 2.63. The van der Waals surface area contributed by atoms with Gasteiger partial charge in [-0.1, -0.05) is 11.6 Å². The molecule has 0 spiro atoms. The number of ether oxygens (including phenoxy) is 2. The summed E-state index contributed by atoms with van der Waals surface area (Å²) >= 11 is 6.03. The lowest BCUT2D eigenvalue weighted by Crippen LogP contribution is -2.52. The van der Waals surface area contributed by atoms with Gasteiger partial charge in [-0.05, 0) is 64.5 Å². The first-order valence-electron chi connectivity index (χ1n) is 10.1. The fourth-order valence-corrected chi connectivity index (χ4v) is 4.40. The van der Waals surface area contributed by atoms with Gasteiger partial charge >= 0.3 is 6.09 Å². The molecule has 0 aliphatic carbocycles. The topological polar surface area (TPSA) is 71.9 Å². The number of likely N-dealkylation sites (tertiary alicyclic amines) is 1. The van der Waals surface area contributed by atoms with Crippen LogP contribution in [0, 0.1) is 5.92 Å². The van der Waals surface area contributed by atoms with Gasteiger partial charge in [0.2, 0.25) is 0 Å². The summed E-state index contributed by atoms with van der Waals surface area (Å²) in [5, 5.41) is 12.2. The second-order valence-corrected chi connectivity index (χ2v) is 9.34. The molecule has 2 fully saturated rings. The predicted octanol–water partition coefficient (Wildman–Crippen LogP) is 4.01. The minimum atomic E-state index is -0.915. The van der Waals surface area contributed by atoms with Crippen LogP contribution in [0.25, 0.3) is 0 Å². The van der Waals surface area contributed by atoms with Crippen LogP contribution in [0.4, 0.5) is 4.79 Å². The summed E-state index contributed by atoms with van der Waals surface area (Å²) in [7, 11) is 0. The first-order chi connectivity index (χ1) is 13.2. The van der Waals surface area contributed by atoms with Crippen molar-refractivity contribution in [2.24, 2.45) is 5.92 Å². The molecule has 3 heterocycles. The van der Waals surface area contributed by atoms with Crippen LogP contribution < -0.4 is 0 Å². The molecule has 6 nitrogen and oxygen atoms in total. The van der Waals surface area contributed by atoms with Crippen LogP contribution in [-0.4, -0.2) is 58.6 Å². The van der Waals surface area contributed by atoms with E-state index in [1.165, 1.54) is 0 Å². The number of aliphatic hydroxyl groups is 1. The summed E-state index contributed by atoms with van der Waals surface area (Å²) in [4.78, 5) is 18.6. The van der Waals surface area contributed by atoms with Crippen molar-refractivity contribution in [3.8, 4) is 0 Å². The number of hydrogen-bond acceptors (Lipinski definition) is 5. The van der Waals surface area contributed by atoms with E-state index in [0.717, 1.165) is 18.5 Å². The maximum absolute atomic E-state index is 12.4. The van der Waals surface area contributed by atoms with Crippen LogP contribution in [0.5, 0.6) is 0 Å². The van der Waals surface area contributed by atoms with E-state index >= 15 is 0 Å². The van der Waals surface area contributed by atoms with Gasteiger partial charge in [-0.25, -0.2) is 4.79 Å². The highest BCUT2D eigenvalue weighted by Gasteiger charge is 2.46. The molecule has 1 aromatic heterocycles. The monoisotopic (exact) mass is 410 g/mol. The highest BCUT2D eigenvalue weighted by Crippen LogP contribution is 2.44. The van der Waals surface area contributed by atoms with E-state index in [0.29, 0.717) is 50.1 Å². The first-order valence-corrected chi connectivity index (χ1v) is 10.5. The van der Waals surface area contributed by atoms with Crippen molar-refractivity contribution in [3.63, 3.8) is 0 Å². The average molecular weight is 411 g/mol. The summed E-state index contributed by atoms with van der Waals surface area (Å²) in [6.45, 7) is 7.93. The molecule has 0 saturated carbocycles. The molecule has 1 aromatic rings. The minimum absolute atomic E-state index is 0.102. The lowest BCUT2D eigenvalue weighted by atomic mass is 9.69. The van der Waals surface area contributed by atoms with Gasteiger partial charge in [0.05, 0.1) is 10.6 Å². The van der Waals surface area contributed by atoms with Gasteiger partial charge in [0.15, 0.2) is 0 Å². The number of carbonyl (C=O) groups is 1. The zero-order chi connectivity index (χ0) is 20.4. The van der Waals surface area contributed by atoms with E-state index in [1.807, 2.05) is 32.9 Å². The Labute approximate surface area is 172 Å². The van der Waals surface area contributed by atoms with Crippen molar-refractivity contribution in [2.75, 3.05) is 26.3 Å². The van der Waals surface area contributed by atoms with Gasteiger partial charge < -0.3 is 19.5 Å². The minimum Gasteiger partial charge on any atom is -0.444 e. The van der Waals surface area contributed by atoms with Gasteiger partial charge in [-0.2, -0.15) is 0 Å². The van der Waals surface area contributed by atoms with Crippen LogP contribution in [0.15, 0.2) is 18.3 Å². The number of carbonyl (C=O) groups excluding carboxylic acids is 1. The Hall–Kier alpha value is -1.37. The third-order valence-electron chi connectivity index (χ3n) is 5.67. The maximum atomic E-state index is 12.4. The highest BCUT2D eigenvalue weighted by atomic mass is 35.5. The number of hydrogen-bond donors (Lipinski definition) is 1. The molecule has 28 heavy (non-hydrogen) atoms. The van der Waals surface area contributed by atoms with Crippen LogP contribution in [0.1, 0.15) is 58.1 Å². The highest BCUT2D eigenvalue weighted by molar-refractivity contribution is 6.30. The predicted molar refractivity (Wildman–Crippen MR) is 108 cm³/mol. The maximum Gasteiger partial charge on any atom is 0.410 e. The molecule has 2 aliphatic heterocycles. The Balaban J connectivity index is 1.76. The number of amides is 1. The SMILES string of the molecule is CC(C)(C)OC(=O)N1CCC(O)(C(c2ccc(Cl)cn2)C2CCOCC2)CC1. The van der Waals surface area contributed by atoms with Gasteiger partial charge in [-0.15, -0.1) is 0 Å². The third-order valence-corrected chi connectivity index (χ3v) is 5.89. The number of pyridine rings is 1. The molecular formula is C21H31ClN2O4. The number of halogens is 1. The zero-order valence-electron chi connectivity index (χ0n) is 17.0. The molecule has 156 valence electrons. The van der Waals surface area contributed by atoms with E-state index in [1.54, 1.807) is 11.1 Å². The van der Waals surface area contributed by atoms with Crippen molar-refractivity contribution in [3.05, 3.63) is 29.0 Å². The van der Waals surface area contributed by atoms with E-state index in [9.17, 15) is 9.90 Å². The molecule has 2 aliphatic rings. The largest absolute Gasteiger partial charge is 0.444 e. The first kappa shape index (κ1) is 21.3. The van der Waals surface area contributed by atoms with Crippen molar-refractivity contribution in [1.82, 2.24) is 9.88 Å². The summed E-state index contributed by atoms with van der Waals surface area (Å²) in [6, 6.07) is 3.75. The molecule has 1 atom stereocenters. The quantitative estimate of drug-likeness (QED) is 0.815. The third kappa shape index (κ3) is 5.16. The van der Waals surface area contributed by atoms with Gasteiger partial charge in [0.25, 0.3) is 0 Å². The molecule has 1 unspecified atom stereocenters. The Bertz CT molecular complexity index is 660. The Morgan fingerprint density at radius 2 is 1.96 bits per heavy atom. The van der Waals surface area contributed by atoms with Gasteiger partial charge in [0.1, 0.15) is 5.60 Å². The second-order valence-electron chi connectivity index (χ2n) is 8.90. The lowest BCUT2D eigenvalue weighted by Gasteiger charge is -2.46. The van der Waals surface area contributed by atoms with Crippen molar-refractivity contribution >= 4 is 17.7 Å². The van der Waals surface area contributed by atoms with Crippen molar-refractivity contribution in [2.45, 2.75) is 63.6 Å². The lowest BCUT2D eigenvalue weighted by molar-refractivity contribution is -0.0735. The molecule has 0 radical (unpaired) electrons. The zero-order valence-corrected chi connectivity index (χ0v) is 17.7. The van der Waals surface area contributed by atoms with E-state index in [-0.39, 0.29) is 12.0 Å². The van der Waals surface area contributed by atoms with Crippen LogP contribution >= 0.6 is 11.6 Å². The Morgan fingerprint density at radius 3 is 2.50 bits per heavy atom. The smallest absolute Gasteiger partial charge is 0.410 e. The van der Waals surface area contributed by atoms with Crippen LogP contribution in [0.3, 0.4) is 0 Å². The standard InChI is InChI=1S/C21H31ClN2O4/c1-20(2,3)28-19(25)24-10-8-21(26,9-11-24)18(15-6-12-27-13-7-15)17-5-4-16(22)14-23-17/h4-5,14-15,18,26H,6-13H2,1-3H3. The summed E-state index contributed by atoms with van der Waals surface area (Å²) in [6.07, 6.45) is 4.11. The summed E-state index contributed by atoms with van der Waals surface area (Å²) in [5.74, 6) is 0.190. The summed E-state index contributed by atoms with van der Waals surface area (Å²) < 4.78 is 11.0.